The van der Waals surface area contributed by atoms with Gasteiger partial charge in [0.05, 0.1) is 5.75 Å². The second-order valence-corrected chi connectivity index (χ2v) is 7.32. The molecule has 0 aliphatic heterocycles. The number of hydrogen-bond donors (Lipinski definition) is 1. The van der Waals surface area contributed by atoms with Gasteiger partial charge in [-0.2, -0.15) is 13.2 Å². The Morgan fingerprint density at radius 2 is 1.56 bits per heavy atom. The summed E-state index contributed by atoms with van der Waals surface area (Å²) in [4.78, 5) is 16.9. The topological polar surface area (TPSA) is 62.8 Å². The summed E-state index contributed by atoms with van der Waals surface area (Å²) in [5.74, 6) is -0.358. The van der Waals surface area contributed by atoms with Gasteiger partial charge >= 0.3 is 6.18 Å². The molecule has 0 bridgehead atoms. The van der Waals surface area contributed by atoms with Gasteiger partial charge < -0.3 is 4.98 Å². The van der Waals surface area contributed by atoms with Crippen LogP contribution < -0.4 is 5.56 Å². The number of aromatic nitrogens is 2. The largest absolute Gasteiger partial charge is 0.433 e. The van der Waals surface area contributed by atoms with Crippen LogP contribution in [0.1, 0.15) is 17.1 Å². The van der Waals surface area contributed by atoms with Gasteiger partial charge in [0.15, 0.2) is 5.69 Å². The van der Waals surface area contributed by atoms with Crippen molar-refractivity contribution >= 4 is 10.8 Å². The molecule has 4 nitrogen and oxygen atoms in total. The summed E-state index contributed by atoms with van der Waals surface area (Å²) in [5, 5.41) is 0. The quantitative estimate of drug-likeness (QED) is 0.716. The highest BCUT2D eigenvalue weighted by Crippen LogP contribution is 2.26. The lowest BCUT2D eigenvalue weighted by Crippen LogP contribution is -2.19. The molecule has 1 N–H and O–H groups in total. The molecule has 1 aromatic heterocycles. The summed E-state index contributed by atoms with van der Waals surface area (Å²) >= 11 is 0. The highest BCUT2D eigenvalue weighted by atomic mass is 32.2. The Labute approximate surface area is 155 Å². The number of H-pyrrole nitrogens is 1. The minimum Gasteiger partial charge on any atom is -0.310 e. The Bertz CT molecular complexity index is 1000. The van der Waals surface area contributed by atoms with E-state index in [1.54, 1.807) is 0 Å². The molecule has 0 aliphatic carbocycles. The summed E-state index contributed by atoms with van der Waals surface area (Å²) in [6.45, 7) is 0. The molecule has 0 saturated carbocycles. The Balaban J connectivity index is 1.69. The summed E-state index contributed by atoms with van der Waals surface area (Å²) in [6.07, 6.45) is -4.72. The van der Waals surface area contributed by atoms with Crippen LogP contribution in [0.4, 0.5) is 13.2 Å². The molecule has 0 radical (unpaired) electrons. The highest BCUT2D eigenvalue weighted by molar-refractivity contribution is 7.83. The molecule has 0 aliphatic rings. The molecule has 2 aromatic carbocycles. The van der Waals surface area contributed by atoms with E-state index in [2.05, 4.69) is 9.97 Å². The van der Waals surface area contributed by atoms with Crippen LogP contribution in [0.2, 0.25) is 0 Å². The van der Waals surface area contributed by atoms with Crippen molar-refractivity contribution in [2.24, 2.45) is 0 Å². The first-order valence-electron chi connectivity index (χ1n) is 7.98. The number of alkyl halides is 3. The zero-order chi connectivity index (χ0) is 19.4. The van der Waals surface area contributed by atoms with Crippen molar-refractivity contribution in [1.82, 2.24) is 9.97 Å². The highest BCUT2D eigenvalue weighted by Gasteiger charge is 2.33. The van der Waals surface area contributed by atoms with E-state index in [4.69, 9.17) is 0 Å². The maximum Gasteiger partial charge on any atom is 0.433 e. The minimum absolute atomic E-state index is 0.148. The number of rotatable bonds is 5. The van der Waals surface area contributed by atoms with E-state index in [-0.39, 0.29) is 17.3 Å². The molecule has 27 heavy (non-hydrogen) atoms. The molecule has 0 spiro atoms. The number of hydrogen-bond acceptors (Lipinski definition) is 3. The molecule has 1 atom stereocenters. The molecule has 0 amide bonds. The summed E-state index contributed by atoms with van der Waals surface area (Å²) < 4.78 is 50.4. The SMILES string of the molecule is O=c1cc(C(F)(F)F)nc(C[S@](=O)Cc2ccc(-c3ccccc3)cc2)[nH]1. The Morgan fingerprint density at radius 1 is 0.926 bits per heavy atom. The third-order valence-corrected chi connectivity index (χ3v) is 5.02. The summed E-state index contributed by atoms with van der Waals surface area (Å²) in [6, 6.07) is 17.6. The van der Waals surface area contributed by atoms with Crippen LogP contribution in [0.25, 0.3) is 11.1 Å². The van der Waals surface area contributed by atoms with Crippen molar-refractivity contribution in [3.8, 4) is 11.1 Å². The zero-order valence-electron chi connectivity index (χ0n) is 14.0. The Hall–Kier alpha value is -2.74. The van der Waals surface area contributed by atoms with Crippen LogP contribution in [0.3, 0.4) is 0 Å². The Morgan fingerprint density at radius 3 is 2.19 bits per heavy atom. The van der Waals surface area contributed by atoms with E-state index in [9.17, 15) is 22.2 Å². The van der Waals surface area contributed by atoms with Crippen molar-refractivity contribution in [3.63, 3.8) is 0 Å². The fourth-order valence-corrected chi connectivity index (χ4v) is 3.64. The fourth-order valence-electron chi connectivity index (χ4n) is 2.54. The van der Waals surface area contributed by atoms with E-state index in [1.165, 1.54) is 0 Å². The van der Waals surface area contributed by atoms with E-state index in [0.29, 0.717) is 6.07 Å². The monoisotopic (exact) mass is 392 g/mol. The van der Waals surface area contributed by atoms with Crippen LogP contribution in [0.15, 0.2) is 65.5 Å². The van der Waals surface area contributed by atoms with Crippen LogP contribution in [0.5, 0.6) is 0 Å². The molecular weight excluding hydrogens is 377 g/mol. The molecule has 140 valence electrons. The first-order valence-corrected chi connectivity index (χ1v) is 9.47. The second kappa shape index (κ2) is 7.87. The first kappa shape index (κ1) is 19.0. The lowest BCUT2D eigenvalue weighted by atomic mass is 10.0. The van der Waals surface area contributed by atoms with E-state index >= 15 is 0 Å². The van der Waals surface area contributed by atoms with Crippen molar-refractivity contribution < 1.29 is 17.4 Å². The number of nitrogens with one attached hydrogen (secondary N) is 1. The van der Waals surface area contributed by atoms with Gasteiger partial charge in [-0.3, -0.25) is 9.00 Å². The van der Waals surface area contributed by atoms with Crippen LogP contribution >= 0.6 is 0 Å². The van der Waals surface area contributed by atoms with Gasteiger partial charge in [0.25, 0.3) is 5.56 Å². The third-order valence-electron chi connectivity index (χ3n) is 3.77. The van der Waals surface area contributed by atoms with Gasteiger partial charge in [-0.25, -0.2) is 4.98 Å². The third kappa shape index (κ3) is 5.13. The van der Waals surface area contributed by atoms with E-state index in [1.807, 2.05) is 54.6 Å². The smallest absolute Gasteiger partial charge is 0.310 e. The molecule has 3 aromatic rings. The molecular formula is C19H15F3N2O2S. The van der Waals surface area contributed by atoms with Crippen molar-refractivity contribution in [3.05, 3.63) is 88.1 Å². The lowest BCUT2D eigenvalue weighted by molar-refractivity contribution is -0.141. The second-order valence-electron chi connectivity index (χ2n) is 5.87. The normalized spacial score (nSPS) is 12.7. The lowest BCUT2D eigenvalue weighted by Gasteiger charge is -2.08. The van der Waals surface area contributed by atoms with Gasteiger partial charge in [-0.05, 0) is 16.7 Å². The number of benzene rings is 2. The number of nitrogens with zero attached hydrogens (tertiary/aromatic N) is 1. The van der Waals surface area contributed by atoms with Crippen LogP contribution in [-0.4, -0.2) is 14.2 Å². The summed E-state index contributed by atoms with van der Waals surface area (Å²) in [5.41, 5.74) is 0.634. The maximum atomic E-state index is 12.7. The zero-order valence-corrected chi connectivity index (χ0v) is 14.8. The van der Waals surface area contributed by atoms with Crippen molar-refractivity contribution in [1.29, 1.82) is 0 Å². The van der Waals surface area contributed by atoms with Crippen molar-refractivity contribution in [2.45, 2.75) is 17.7 Å². The summed E-state index contributed by atoms with van der Waals surface area (Å²) in [7, 11) is -1.52. The fraction of sp³-hybridized carbons (Fsp3) is 0.158. The minimum atomic E-state index is -4.72. The average molecular weight is 392 g/mol. The van der Waals surface area contributed by atoms with E-state index in [0.717, 1.165) is 16.7 Å². The number of aromatic amines is 1. The molecule has 0 unspecified atom stereocenters. The number of halogens is 3. The van der Waals surface area contributed by atoms with E-state index < -0.39 is 28.2 Å². The first-order chi connectivity index (χ1) is 12.8. The average Bonchev–Trinajstić information content (AvgIpc) is 2.62. The van der Waals surface area contributed by atoms with Gasteiger partial charge in [0.1, 0.15) is 5.82 Å². The standard InChI is InChI=1S/C19H15F3N2O2S/c20-19(21,22)16-10-18(25)24-17(23-16)12-27(26)11-13-6-8-15(9-7-13)14-4-2-1-3-5-14/h1-10H,11-12H2,(H,23,24,25)/t27-/m1/s1. The van der Waals surface area contributed by atoms with Gasteiger partial charge in [0, 0.05) is 22.6 Å². The molecule has 8 heteroatoms. The van der Waals surface area contributed by atoms with Gasteiger partial charge in [-0.1, -0.05) is 54.6 Å². The molecule has 3 rings (SSSR count). The molecule has 0 fully saturated rings. The van der Waals surface area contributed by atoms with Gasteiger partial charge in [0.2, 0.25) is 0 Å². The Kier molecular flexibility index (Phi) is 5.55. The van der Waals surface area contributed by atoms with Crippen LogP contribution in [0, 0.1) is 0 Å². The molecule has 0 saturated heterocycles. The maximum absolute atomic E-state index is 12.7. The van der Waals surface area contributed by atoms with Crippen molar-refractivity contribution in [2.75, 3.05) is 0 Å². The van der Waals surface area contributed by atoms with Gasteiger partial charge in [-0.15, -0.1) is 0 Å². The van der Waals surface area contributed by atoms with Crippen LogP contribution in [-0.2, 0) is 28.5 Å². The predicted octanol–water partition coefficient (Wildman–Crippen LogP) is 3.90. The molecule has 1 heterocycles. The predicted molar refractivity (Wildman–Crippen MR) is 97.3 cm³/mol.